The lowest BCUT2D eigenvalue weighted by Gasteiger charge is -2.47. The minimum absolute atomic E-state index is 0.0389. The second-order valence-corrected chi connectivity index (χ2v) is 23.7. The van der Waals surface area contributed by atoms with Crippen LogP contribution in [0.4, 0.5) is 0 Å². The van der Waals surface area contributed by atoms with Crippen LogP contribution in [0.1, 0.15) is 119 Å². The highest BCUT2D eigenvalue weighted by Crippen LogP contribution is 2.53. The summed E-state index contributed by atoms with van der Waals surface area (Å²) < 4.78 is 30.9. The molecule has 328 valence electrons. The molecular formula is C49H74O9Si. The van der Waals surface area contributed by atoms with E-state index in [0.717, 1.165) is 44.0 Å². The summed E-state index contributed by atoms with van der Waals surface area (Å²) in [4.78, 5) is 55.5. The molecule has 9 nitrogen and oxygen atoms in total. The molecule has 0 fully saturated rings. The van der Waals surface area contributed by atoms with Gasteiger partial charge in [-0.15, -0.1) is 0 Å². The largest absolute Gasteiger partial charge is 0.497 e. The maximum absolute atomic E-state index is 14.4. The molecule has 0 amide bonds. The average Bonchev–Trinajstić information content (AvgIpc) is 3.28. The van der Waals surface area contributed by atoms with E-state index in [9.17, 15) is 19.2 Å². The van der Waals surface area contributed by atoms with Gasteiger partial charge in [-0.1, -0.05) is 82.2 Å². The van der Waals surface area contributed by atoms with Crippen molar-refractivity contribution in [2.24, 2.45) is 28.6 Å². The molecule has 2 aliphatic carbocycles. The van der Waals surface area contributed by atoms with Crippen molar-refractivity contribution in [2.45, 2.75) is 150 Å². The summed E-state index contributed by atoms with van der Waals surface area (Å²) in [5.41, 5.74) is -0.137. The molecule has 3 rings (SSSR count). The molecule has 0 radical (unpaired) electrons. The van der Waals surface area contributed by atoms with Crippen LogP contribution >= 0.6 is 0 Å². The molecule has 0 saturated carbocycles. The molecule has 0 aromatic heterocycles. The standard InChI is InChI=1S/C49H74O9Si/c1-13-15-17-18-19-21-22-36-30-40-44(56-32-35-24-26-37(54-9)27-25-35)43(38(45(52)55-10)28-29-49(40,33-50)34-57-46(53)47(3,4)5)39(36)31-42(41(51)23-20-16-14-2)58-59(11,12)48(6,7)8/h13-16,24-28,30,33,36,39,42-44H,17-23,29,31-32,34H2,1-12H3/b15-13+,16-14+/t36-,39+,42-,43+,44?,49+/m1/s1. The van der Waals surface area contributed by atoms with E-state index in [-0.39, 0.29) is 42.3 Å². The Labute approximate surface area is 356 Å². The highest BCUT2D eigenvalue weighted by atomic mass is 28.4. The average molecular weight is 835 g/mol. The Hall–Kier alpha value is -3.60. The molecule has 1 aromatic carbocycles. The molecule has 2 bridgehead atoms. The van der Waals surface area contributed by atoms with E-state index >= 15 is 0 Å². The van der Waals surface area contributed by atoms with Crippen molar-refractivity contribution < 1.29 is 42.6 Å². The van der Waals surface area contributed by atoms with Gasteiger partial charge in [-0.25, -0.2) is 4.79 Å². The van der Waals surface area contributed by atoms with Gasteiger partial charge in [0.05, 0.1) is 37.8 Å². The van der Waals surface area contributed by atoms with E-state index in [4.69, 9.17) is 23.4 Å². The number of benzene rings is 1. The minimum atomic E-state index is -2.47. The first kappa shape index (κ1) is 49.8. The van der Waals surface area contributed by atoms with Crippen molar-refractivity contribution in [3.63, 3.8) is 0 Å². The van der Waals surface area contributed by atoms with Crippen molar-refractivity contribution in [3.8, 4) is 5.75 Å². The Balaban J connectivity index is 2.33. The summed E-state index contributed by atoms with van der Waals surface area (Å²) in [6.45, 7) is 20.1. The van der Waals surface area contributed by atoms with Crippen LogP contribution in [0.25, 0.3) is 0 Å². The first-order valence-corrected chi connectivity index (χ1v) is 24.5. The number of fused-ring (bicyclic) bond motifs is 2. The van der Waals surface area contributed by atoms with Crippen LogP contribution in [0.2, 0.25) is 18.1 Å². The topological polar surface area (TPSA) is 114 Å². The minimum Gasteiger partial charge on any atom is -0.497 e. The number of unbranched alkanes of at least 4 members (excludes halogenated alkanes) is 3. The Morgan fingerprint density at radius 1 is 0.932 bits per heavy atom. The number of allylic oxidation sites excluding steroid dienone is 6. The molecule has 1 unspecified atom stereocenters. The summed E-state index contributed by atoms with van der Waals surface area (Å²) in [5.74, 6) is -1.24. The SMILES string of the molecule is C/C=C/CCCCC[C@@H]1C=C2C(OCc3ccc(OC)cc3)[C@@H](C(C(=O)OC)=CC[C@]2(C=O)COC(=O)C(C)(C)C)[C@H]1C[C@@H](O[Si](C)(C)C(C)(C)C)C(=O)CC/C=C/C. The van der Waals surface area contributed by atoms with Gasteiger partial charge < -0.3 is 28.2 Å². The van der Waals surface area contributed by atoms with Gasteiger partial charge in [0, 0.05) is 17.9 Å². The molecule has 0 spiro atoms. The highest BCUT2D eigenvalue weighted by molar-refractivity contribution is 6.74. The zero-order valence-corrected chi connectivity index (χ0v) is 39.2. The number of aldehydes is 1. The first-order valence-electron chi connectivity index (χ1n) is 21.6. The second-order valence-electron chi connectivity index (χ2n) is 18.9. The predicted molar refractivity (Wildman–Crippen MR) is 237 cm³/mol. The van der Waals surface area contributed by atoms with Crippen LogP contribution in [0.15, 0.2) is 71.9 Å². The van der Waals surface area contributed by atoms with E-state index in [0.29, 0.717) is 36.2 Å². The number of rotatable bonds is 22. The number of methoxy groups -OCH3 is 2. The lowest BCUT2D eigenvalue weighted by molar-refractivity contribution is -0.156. The molecule has 0 N–H and O–H groups in total. The normalized spacial score (nSPS) is 23.0. The van der Waals surface area contributed by atoms with Gasteiger partial charge in [-0.2, -0.15) is 0 Å². The summed E-state index contributed by atoms with van der Waals surface area (Å²) in [6.07, 6.45) is 17.6. The third-order valence-corrected chi connectivity index (χ3v) is 17.0. The van der Waals surface area contributed by atoms with E-state index < -0.39 is 49.2 Å². The third kappa shape index (κ3) is 13.4. The zero-order chi connectivity index (χ0) is 44.0. The van der Waals surface area contributed by atoms with Gasteiger partial charge in [0.2, 0.25) is 0 Å². The molecule has 0 saturated heterocycles. The van der Waals surface area contributed by atoms with Crippen molar-refractivity contribution >= 4 is 32.3 Å². The molecule has 59 heavy (non-hydrogen) atoms. The lowest BCUT2D eigenvalue weighted by Crippen LogP contribution is -2.50. The van der Waals surface area contributed by atoms with E-state index in [2.05, 4.69) is 52.1 Å². The van der Waals surface area contributed by atoms with Gasteiger partial charge in [-0.05, 0) is 126 Å². The van der Waals surface area contributed by atoms with E-state index in [1.165, 1.54) is 7.11 Å². The summed E-state index contributed by atoms with van der Waals surface area (Å²) in [7, 11) is 0.510. The Bertz CT molecular complexity index is 1670. The van der Waals surface area contributed by atoms with Crippen molar-refractivity contribution in [2.75, 3.05) is 20.8 Å². The number of hydrogen-bond acceptors (Lipinski definition) is 9. The number of carbonyl (C=O) groups is 4. The van der Waals surface area contributed by atoms with Crippen molar-refractivity contribution in [1.82, 2.24) is 0 Å². The van der Waals surface area contributed by atoms with E-state index in [1.807, 2.05) is 50.3 Å². The molecule has 0 heterocycles. The van der Waals surface area contributed by atoms with Crippen LogP contribution in [-0.2, 0) is 44.4 Å². The van der Waals surface area contributed by atoms with Crippen LogP contribution in [0.3, 0.4) is 0 Å². The number of carbonyl (C=O) groups excluding carboxylic acids is 4. The quantitative estimate of drug-likeness (QED) is 0.0370. The van der Waals surface area contributed by atoms with Crippen LogP contribution in [-0.4, -0.2) is 65.4 Å². The number of esters is 2. The fourth-order valence-electron chi connectivity index (χ4n) is 7.85. The Morgan fingerprint density at radius 3 is 2.17 bits per heavy atom. The molecule has 0 aliphatic heterocycles. The zero-order valence-electron chi connectivity index (χ0n) is 38.2. The maximum atomic E-state index is 14.4. The van der Waals surface area contributed by atoms with Crippen molar-refractivity contribution in [3.05, 3.63) is 77.4 Å². The van der Waals surface area contributed by atoms with E-state index in [1.54, 1.807) is 34.0 Å². The van der Waals surface area contributed by atoms with Gasteiger partial charge in [0.25, 0.3) is 0 Å². The highest BCUT2D eigenvalue weighted by Gasteiger charge is 2.54. The summed E-state index contributed by atoms with van der Waals surface area (Å²) in [5, 5.41) is -0.154. The van der Waals surface area contributed by atoms with Gasteiger partial charge in [0.1, 0.15) is 24.7 Å². The molecular weight excluding hydrogens is 761 g/mol. The number of ether oxygens (including phenoxy) is 4. The first-order chi connectivity index (χ1) is 27.8. The molecule has 6 atom stereocenters. The molecule has 2 aliphatic rings. The number of ketones is 1. The lowest BCUT2D eigenvalue weighted by atomic mass is 9.62. The Morgan fingerprint density at radius 2 is 1.59 bits per heavy atom. The maximum Gasteiger partial charge on any atom is 0.333 e. The summed E-state index contributed by atoms with van der Waals surface area (Å²) in [6, 6.07) is 7.58. The van der Waals surface area contributed by atoms with Gasteiger partial charge in [-0.3, -0.25) is 9.59 Å². The van der Waals surface area contributed by atoms with Gasteiger partial charge >= 0.3 is 11.9 Å². The fourth-order valence-corrected chi connectivity index (χ4v) is 9.14. The smallest absolute Gasteiger partial charge is 0.333 e. The predicted octanol–water partition coefficient (Wildman–Crippen LogP) is 10.9. The summed E-state index contributed by atoms with van der Waals surface area (Å²) >= 11 is 0. The number of hydrogen-bond donors (Lipinski definition) is 0. The second kappa shape index (κ2) is 22.3. The Kier molecular flexibility index (Phi) is 18.8. The molecule has 1 aromatic rings. The monoisotopic (exact) mass is 835 g/mol. The van der Waals surface area contributed by atoms with Crippen LogP contribution < -0.4 is 4.74 Å². The van der Waals surface area contributed by atoms with Crippen molar-refractivity contribution in [1.29, 1.82) is 0 Å². The molecule has 10 heteroatoms. The fraction of sp³-hybridized carbons (Fsp3) is 0.633. The van der Waals surface area contributed by atoms with Crippen LogP contribution in [0, 0.1) is 28.6 Å². The number of Topliss-reactive ketones (excluding diaryl/α,β-unsaturated/α-hetero) is 1. The van der Waals surface area contributed by atoms with Crippen LogP contribution in [0.5, 0.6) is 5.75 Å². The third-order valence-electron chi connectivity index (χ3n) is 12.5. The van der Waals surface area contributed by atoms with Gasteiger partial charge in [0.15, 0.2) is 14.1 Å².